The zero-order valence-electron chi connectivity index (χ0n) is 10.3. The highest BCUT2D eigenvalue weighted by molar-refractivity contribution is 9.10. The number of nitrogens with zero attached hydrogens (tertiary/aromatic N) is 2. The van der Waals surface area contributed by atoms with Crippen molar-refractivity contribution in [1.82, 2.24) is 15.3 Å². The van der Waals surface area contributed by atoms with Crippen molar-refractivity contribution in [3.63, 3.8) is 0 Å². The summed E-state index contributed by atoms with van der Waals surface area (Å²) in [4.78, 5) is 8.47. The molecule has 0 aliphatic carbocycles. The first kappa shape index (κ1) is 13.0. The van der Waals surface area contributed by atoms with Crippen LogP contribution in [0, 0.1) is 6.92 Å². The molecular formula is C13H14BrN3O. The second-order valence-electron chi connectivity index (χ2n) is 3.89. The number of ether oxygens (including phenoxy) is 1. The quantitative estimate of drug-likeness (QED) is 0.943. The van der Waals surface area contributed by atoms with Crippen LogP contribution in [0.15, 0.2) is 35.1 Å². The third-order valence-electron chi connectivity index (χ3n) is 2.39. The third-order valence-corrected chi connectivity index (χ3v) is 2.88. The summed E-state index contributed by atoms with van der Waals surface area (Å²) in [5.41, 5.74) is 1.93. The Labute approximate surface area is 115 Å². The van der Waals surface area contributed by atoms with Crippen molar-refractivity contribution in [3.05, 3.63) is 46.3 Å². The number of nitrogens with one attached hydrogen (secondary N) is 1. The summed E-state index contributed by atoms with van der Waals surface area (Å²) in [6.07, 6.45) is 3.34. The largest absolute Gasteiger partial charge is 0.437 e. The number of benzene rings is 1. The molecule has 4 nitrogen and oxygen atoms in total. The Kier molecular flexibility index (Phi) is 4.28. The van der Waals surface area contributed by atoms with Crippen molar-refractivity contribution in [2.24, 2.45) is 0 Å². The van der Waals surface area contributed by atoms with E-state index >= 15 is 0 Å². The van der Waals surface area contributed by atoms with Gasteiger partial charge in [0.15, 0.2) is 0 Å². The summed E-state index contributed by atoms with van der Waals surface area (Å²) in [6.45, 7) is 2.69. The number of halogens is 1. The number of hydrogen-bond acceptors (Lipinski definition) is 4. The first-order valence-corrected chi connectivity index (χ1v) is 6.38. The summed E-state index contributed by atoms with van der Waals surface area (Å²) in [7, 11) is 1.87. The maximum atomic E-state index is 5.68. The van der Waals surface area contributed by atoms with Crippen molar-refractivity contribution in [1.29, 1.82) is 0 Å². The number of aromatic nitrogens is 2. The van der Waals surface area contributed by atoms with Gasteiger partial charge in [0, 0.05) is 11.0 Å². The molecule has 94 valence electrons. The Morgan fingerprint density at radius 3 is 2.72 bits per heavy atom. The maximum absolute atomic E-state index is 5.68. The highest BCUT2D eigenvalue weighted by atomic mass is 79.9. The van der Waals surface area contributed by atoms with Gasteiger partial charge in [-0.3, -0.25) is 4.98 Å². The molecule has 0 fully saturated rings. The van der Waals surface area contributed by atoms with E-state index in [-0.39, 0.29) is 0 Å². The lowest BCUT2D eigenvalue weighted by atomic mass is 10.2. The molecule has 1 aromatic heterocycles. The summed E-state index contributed by atoms with van der Waals surface area (Å²) in [5.74, 6) is 1.29. The van der Waals surface area contributed by atoms with Crippen LogP contribution >= 0.6 is 15.9 Å². The Bertz CT molecular complexity index is 528. The van der Waals surface area contributed by atoms with E-state index < -0.39 is 0 Å². The highest BCUT2D eigenvalue weighted by Gasteiger charge is 2.03. The van der Waals surface area contributed by atoms with E-state index in [1.807, 2.05) is 32.2 Å². The molecule has 0 saturated heterocycles. The Hall–Kier alpha value is -1.46. The van der Waals surface area contributed by atoms with Gasteiger partial charge in [-0.1, -0.05) is 15.9 Å². The van der Waals surface area contributed by atoms with Crippen LogP contribution in [0.5, 0.6) is 11.6 Å². The summed E-state index contributed by atoms with van der Waals surface area (Å²) >= 11 is 3.42. The molecular weight excluding hydrogens is 294 g/mol. The summed E-state index contributed by atoms with van der Waals surface area (Å²) in [6, 6.07) is 5.84. The second kappa shape index (κ2) is 5.93. The molecule has 0 spiro atoms. The maximum Gasteiger partial charge on any atom is 0.237 e. The van der Waals surface area contributed by atoms with Crippen LogP contribution in [0.2, 0.25) is 0 Å². The predicted octanol–water partition coefficient (Wildman–Crippen LogP) is 3.06. The van der Waals surface area contributed by atoms with Crippen molar-refractivity contribution in [3.8, 4) is 11.6 Å². The molecule has 0 radical (unpaired) electrons. The van der Waals surface area contributed by atoms with E-state index in [1.165, 1.54) is 0 Å². The molecule has 0 unspecified atom stereocenters. The molecule has 0 saturated carbocycles. The monoisotopic (exact) mass is 307 g/mol. The van der Waals surface area contributed by atoms with Crippen LogP contribution in [0.3, 0.4) is 0 Å². The fourth-order valence-electron chi connectivity index (χ4n) is 1.51. The van der Waals surface area contributed by atoms with Gasteiger partial charge in [0.1, 0.15) is 5.75 Å². The van der Waals surface area contributed by atoms with Gasteiger partial charge in [-0.25, -0.2) is 4.98 Å². The van der Waals surface area contributed by atoms with Crippen LogP contribution in [0.25, 0.3) is 0 Å². The third kappa shape index (κ3) is 3.27. The van der Waals surface area contributed by atoms with Gasteiger partial charge in [-0.2, -0.15) is 0 Å². The molecule has 0 atom stereocenters. The zero-order chi connectivity index (χ0) is 13.0. The molecule has 2 aromatic rings. The molecule has 2 rings (SSSR count). The van der Waals surface area contributed by atoms with Gasteiger partial charge in [0.2, 0.25) is 5.88 Å². The zero-order valence-corrected chi connectivity index (χ0v) is 11.9. The highest BCUT2D eigenvalue weighted by Crippen LogP contribution is 2.25. The minimum Gasteiger partial charge on any atom is -0.437 e. The van der Waals surface area contributed by atoms with E-state index in [0.717, 1.165) is 21.5 Å². The molecule has 0 amide bonds. The smallest absolute Gasteiger partial charge is 0.237 e. The summed E-state index contributed by atoms with van der Waals surface area (Å²) < 4.78 is 6.71. The SMILES string of the molecule is CNCc1cnc(Oc2ccc(Br)cc2C)cn1. The average Bonchev–Trinajstić information content (AvgIpc) is 2.35. The van der Waals surface area contributed by atoms with E-state index in [4.69, 9.17) is 4.74 Å². The molecule has 1 aromatic carbocycles. The van der Waals surface area contributed by atoms with Gasteiger partial charge in [-0.05, 0) is 37.7 Å². The van der Waals surface area contributed by atoms with Crippen LogP contribution in [-0.4, -0.2) is 17.0 Å². The van der Waals surface area contributed by atoms with Gasteiger partial charge in [0.25, 0.3) is 0 Å². The van der Waals surface area contributed by atoms with E-state index in [1.54, 1.807) is 12.4 Å². The van der Waals surface area contributed by atoms with Crippen LogP contribution in [0.4, 0.5) is 0 Å². The molecule has 0 bridgehead atoms. The van der Waals surface area contributed by atoms with Crippen LogP contribution in [-0.2, 0) is 6.54 Å². The first-order chi connectivity index (χ1) is 8.69. The minimum atomic E-state index is 0.500. The van der Waals surface area contributed by atoms with Crippen molar-refractivity contribution in [2.75, 3.05) is 7.05 Å². The first-order valence-electron chi connectivity index (χ1n) is 5.58. The topological polar surface area (TPSA) is 47.0 Å². The van der Waals surface area contributed by atoms with Crippen molar-refractivity contribution < 1.29 is 4.74 Å². The number of rotatable bonds is 4. The van der Waals surface area contributed by atoms with Crippen molar-refractivity contribution >= 4 is 15.9 Å². The predicted molar refractivity (Wildman–Crippen MR) is 73.7 cm³/mol. The average molecular weight is 308 g/mol. The minimum absolute atomic E-state index is 0.500. The molecule has 0 aliphatic heterocycles. The van der Waals surface area contributed by atoms with Gasteiger partial charge in [-0.15, -0.1) is 0 Å². The molecule has 5 heteroatoms. The lowest BCUT2D eigenvalue weighted by Gasteiger charge is -2.08. The van der Waals surface area contributed by atoms with Crippen molar-refractivity contribution in [2.45, 2.75) is 13.5 Å². The number of hydrogen-bond donors (Lipinski definition) is 1. The molecule has 1 heterocycles. The fourth-order valence-corrected chi connectivity index (χ4v) is 1.98. The van der Waals surface area contributed by atoms with Gasteiger partial charge >= 0.3 is 0 Å². The van der Waals surface area contributed by atoms with Gasteiger partial charge < -0.3 is 10.1 Å². The molecule has 1 N–H and O–H groups in total. The number of aryl methyl sites for hydroxylation is 1. The van der Waals surface area contributed by atoms with E-state index in [2.05, 4.69) is 31.2 Å². The normalized spacial score (nSPS) is 10.4. The van der Waals surface area contributed by atoms with E-state index in [9.17, 15) is 0 Å². The lowest BCUT2D eigenvalue weighted by molar-refractivity contribution is 0.455. The van der Waals surface area contributed by atoms with Crippen LogP contribution in [0.1, 0.15) is 11.3 Å². The standard InChI is InChI=1S/C13H14BrN3O/c1-9-5-10(14)3-4-12(9)18-13-8-16-11(6-15-2)7-17-13/h3-5,7-8,15H,6H2,1-2H3. The molecule has 0 aliphatic rings. The fraction of sp³-hybridized carbons (Fsp3) is 0.231. The Morgan fingerprint density at radius 1 is 1.28 bits per heavy atom. The molecule has 18 heavy (non-hydrogen) atoms. The Morgan fingerprint density at radius 2 is 2.11 bits per heavy atom. The van der Waals surface area contributed by atoms with Gasteiger partial charge in [0.05, 0.1) is 18.1 Å². The second-order valence-corrected chi connectivity index (χ2v) is 4.80. The summed E-state index contributed by atoms with van der Waals surface area (Å²) in [5, 5.41) is 3.02. The van der Waals surface area contributed by atoms with E-state index in [0.29, 0.717) is 12.4 Å². The Balaban J connectivity index is 2.13. The van der Waals surface area contributed by atoms with Crippen LogP contribution < -0.4 is 10.1 Å². The lowest BCUT2D eigenvalue weighted by Crippen LogP contribution is -2.07.